The van der Waals surface area contributed by atoms with Crippen LogP contribution in [0.25, 0.3) is 0 Å². The second kappa shape index (κ2) is 10.4. The summed E-state index contributed by atoms with van der Waals surface area (Å²) in [5.41, 5.74) is 0.115. The molecule has 2 unspecified atom stereocenters. The molecule has 1 nitrogen and oxygen atoms in total. The Morgan fingerprint density at radius 3 is 2.00 bits per heavy atom. The Balaban J connectivity index is 4.98. The Hall–Kier alpha value is -0.300. The normalized spacial score (nSPS) is 17.1. The minimum absolute atomic E-state index is 0.0426. The van der Waals surface area contributed by atoms with Gasteiger partial charge in [-0.2, -0.15) is 0 Å². The van der Waals surface area contributed by atoms with Crippen LogP contribution >= 0.6 is 0 Å². The van der Waals surface area contributed by atoms with Gasteiger partial charge in [-0.25, -0.2) is 0 Å². The summed E-state index contributed by atoms with van der Waals surface area (Å²) in [7, 11) is 1.91. The standard InChI is InChI=1S/C20H40O/c1-8-11-12-13-14-16-18(15-9-2)20(21-7,17-10-3)19(4,5)6/h9,15,18H,8,10-14,16-17H2,1-7H3. The molecule has 0 bridgehead atoms. The van der Waals surface area contributed by atoms with E-state index in [1.807, 2.05) is 7.11 Å². The van der Waals surface area contributed by atoms with Gasteiger partial charge in [-0.3, -0.25) is 0 Å². The lowest BCUT2D eigenvalue weighted by Crippen LogP contribution is -2.50. The number of methoxy groups -OCH3 is 1. The third kappa shape index (κ3) is 6.14. The maximum Gasteiger partial charge on any atom is 0.0788 e. The first-order chi connectivity index (χ1) is 9.89. The molecule has 0 aromatic carbocycles. The lowest BCUT2D eigenvalue weighted by atomic mass is 9.65. The molecule has 0 radical (unpaired) electrons. The SMILES string of the molecule is CC=CC(CCCCCCC)C(CCC)(OC)C(C)(C)C. The topological polar surface area (TPSA) is 9.23 Å². The van der Waals surface area contributed by atoms with Crippen LogP contribution in [0, 0.1) is 11.3 Å². The first-order valence-electron chi connectivity index (χ1n) is 9.07. The largest absolute Gasteiger partial charge is 0.377 e. The van der Waals surface area contributed by atoms with Gasteiger partial charge in [0.2, 0.25) is 0 Å². The minimum Gasteiger partial charge on any atom is -0.377 e. The van der Waals surface area contributed by atoms with E-state index in [2.05, 4.69) is 53.7 Å². The van der Waals surface area contributed by atoms with Crippen molar-refractivity contribution < 1.29 is 4.74 Å². The van der Waals surface area contributed by atoms with Crippen molar-refractivity contribution in [1.29, 1.82) is 0 Å². The molecule has 0 N–H and O–H groups in total. The van der Waals surface area contributed by atoms with E-state index in [0.717, 1.165) is 6.42 Å². The van der Waals surface area contributed by atoms with E-state index < -0.39 is 0 Å². The minimum atomic E-state index is -0.0426. The molecule has 0 saturated heterocycles. The fourth-order valence-electron chi connectivity index (χ4n) is 3.73. The van der Waals surface area contributed by atoms with E-state index in [9.17, 15) is 0 Å². The van der Waals surface area contributed by atoms with E-state index in [1.54, 1.807) is 0 Å². The van der Waals surface area contributed by atoms with Crippen LogP contribution in [0.15, 0.2) is 12.2 Å². The highest BCUT2D eigenvalue weighted by Crippen LogP contribution is 2.45. The lowest BCUT2D eigenvalue weighted by Gasteiger charge is -2.48. The summed E-state index contributed by atoms with van der Waals surface area (Å²) in [6.07, 6.45) is 14.9. The Bertz CT molecular complexity index is 274. The highest BCUT2D eigenvalue weighted by Gasteiger charge is 2.46. The molecule has 0 aromatic rings. The van der Waals surface area contributed by atoms with E-state index in [4.69, 9.17) is 4.74 Å². The third-order valence-corrected chi connectivity index (χ3v) is 4.90. The zero-order valence-corrected chi connectivity index (χ0v) is 15.8. The van der Waals surface area contributed by atoms with Crippen molar-refractivity contribution >= 4 is 0 Å². The van der Waals surface area contributed by atoms with Crippen molar-refractivity contribution in [2.24, 2.45) is 11.3 Å². The van der Waals surface area contributed by atoms with Gasteiger partial charge in [0.05, 0.1) is 5.60 Å². The average molecular weight is 297 g/mol. The maximum atomic E-state index is 6.18. The van der Waals surface area contributed by atoms with Crippen LogP contribution in [0.4, 0.5) is 0 Å². The van der Waals surface area contributed by atoms with E-state index in [1.165, 1.54) is 44.9 Å². The summed E-state index contributed by atoms with van der Waals surface area (Å²) in [6.45, 7) is 13.7. The van der Waals surface area contributed by atoms with Crippen LogP contribution < -0.4 is 0 Å². The Labute approximate surface area is 134 Å². The number of hydrogen-bond donors (Lipinski definition) is 0. The van der Waals surface area contributed by atoms with Crippen LogP contribution in [0.1, 0.15) is 92.9 Å². The quantitative estimate of drug-likeness (QED) is 0.302. The maximum absolute atomic E-state index is 6.18. The lowest BCUT2D eigenvalue weighted by molar-refractivity contribution is -0.129. The van der Waals surface area contributed by atoms with Crippen molar-refractivity contribution in [3.63, 3.8) is 0 Å². The molecule has 0 fully saturated rings. The summed E-state index contributed by atoms with van der Waals surface area (Å²) in [4.78, 5) is 0. The summed E-state index contributed by atoms with van der Waals surface area (Å²) < 4.78 is 6.18. The van der Waals surface area contributed by atoms with Crippen LogP contribution in [0.5, 0.6) is 0 Å². The number of unbranched alkanes of at least 4 members (excludes halogenated alkanes) is 4. The monoisotopic (exact) mass is 296 g/mol. The number of hydrogen-bond acceptors (Lipinski definition) is 1. The van der Waals surface area contributed by atoms with Gasteiger partial charge in [0, 0.05) is 13.0 Å². The summed E-state index contributed by atoms with van der Waals surface area (Å²) in [6, 6.07) is 0. The van der Waals surface area contributed by atoms with Gasteiger partial charge in [0.25, 0.3) is 0 Å². The van der Waals surface area contributed by atoms with Gasteiger partial charge >= 0.3 is 0 Å². The zero-order chi connectivity index (χ0) is 16.4. The molecule has 0 aliphatic rings. The molecule has 0 amide bonds. The second-order valence-corrected chi connectivity index (χ2v) is 7.43. The van der Waals surface area contributed by atoms with Crippen LogP contribution in [-0.2, 0) is 4.74 Å². The highest BCUT2D eigenvalue weighted by molar-refractivity contribution is 5.05. The van der Waals surface area contributed by atoms with Gasteiger partial charge in [-0.1, -0.05) is 85.3 Å². The van der Waals surface area contributed by atoms with Gasteiger partial charge in [-0.05, 0) is 25.2 Å². The second-order valence-electron chi connectivity index (χ2n) is 7.43. The molecule has 0 rings (SSSR count). The summed E-state index contributed by atoms with van der Waals surface area (Å²) in [5.74, 6) is 0.522. The number of allylic oxidation sites excluding steroid dienone is 1. The molecular weight excluding hydrogens is 256 g/mol. The Morgan fingerprint density at radius 2 is 1.57 bits per heavy atom. The molecule has 0 heterocycles. The van der Waals surface area contributed by atoms with Crippen LogP contribution in [0.3, 0.4) is 0 Å². The van der Waals surface area contributed by atoms with Crippen molar-refractivity contribution in [3.05, 3.63) is 12.2 Å². The predicted octanol–water partition coefficient (Wildman–Crippen LogP) is 6.77. The first-order valence-corrected chi connectivity index (χ1v) is 9.07. The van der Waals surface area contributed by atoms with Gasteiger partial charge in [-0.15, -0.1) is 0 Å². The predicted molar refractivity (Wildman–Crippen MR) is 95.8 cm³/mol. The molecule has 126 valence electrons. The smallest absolute Gasteiger partial charge is 0.0788 e. The first kappa shape index (κ1) is 20.7. The average Bonchev–Trinajstić information content (AvgIpc) is 2.42. The van der Waals surface area contributed by atoms with E-state index >= 15 is 0 Å². The van der Waals surface area contributed by atoms with Gasteiger partial charge in [0.1, 0.15) is 0 Å². The molecule has 0 aliphatic heterocycles. The molecule has 2 atom stereocenters. The molecule has 0 spiro atoms. The third-order valence-electron chi connectivity index (χ3n) is 4.90. The Kier molecular flexibility index (Phi) is 10.3. The van der Waals surface area contributed by atoms with E-state index in [0.29, 0.717) is 5.92 Å². The fraction of sp³-hybridized carbons (Fsp3) is 0.900. The molecule has 21 heavy (non-hydrogen) atoms. The molecule has 1 heteroatoms. The summed E-state index contributed by atoms with van der Waals surface area (Å²) in [5, 5.41) is 0. The van der Waals surface area contributed by atoms with E-state index in [-0.39, 0.29) is 11.0 Å². The number of rotatable bonds is 11. The van der Waals surface area contributed by atoms with Crippen LogP contribution in [-0.4, -0.2) is 12.7 Å². The van der Waals surface area contributed by atoms with Crippen LogP contribution in [0.2, 0.25) is 0 Å². The molecule has 0 aliphatic carbocycles. The van der Waals surface area contributed by atoms with Gasteiger partial charge in [0.15, 0.2) is 0 Å². The zero-order valence-electron chi connectivity index (χ0n) is 15.8. The highest BCUT2D eigenvalue weighted by atomic mass is 16.5. The fourth-order valence-corrected chi connectivity index (χ4v) is 3.73. The van der Waals surface area contributed by atoms with Crippen molar-refractivity contribution in [2.75, 3.05) is 7.11 Å². The molecular formula is C20H40O. The molecule has 0 aromatic heterocycles. The van der Waals surface area contributed by atoms with Crippen molar-refractivity contribution in [1.82, 2.24) is 0 Å². The summed E-state index contributed by atoms with van der Waals surface area (Å²) >= 11 is 0. The van der Waals surface area contributed by atoms with Crippen molar-refractivity contribution in [2.45, 2.75) is 98.5 Å². The number of ether oxygens (including phenoxy) is 1. The van der Waals surface area contributed by atoms with Gasteiger partial charge < -0.3 is 4.74 Å². The molecule has 0 saturated carbocycles. The van der Waals surface area contributed by atoms with Crippen molar-refractivity contribution in [3.8, 4) is 0 Å². The Morgan fingerprint density at radius 1 is 0.952 bits per heavy atom.